The van der Waals surface area contributed by atoms with Crippen LogP contribution in [0.4, 0.5) is 0 Å². The first-order chi connectivity index (χ1) is 8.74. The first-order valence-electron chi connectivity index (χ1n) is 5.76. The molecule has 0 aliphatic rings. The highest BCUT2D eigenvalue weighted by atomic mass is 35.5. The summed E-state index contributed by atoms with van der Waals surface area (Å²) in [5.74, 6) is 0. The van der Waals surface area contributed by atoms with Crippen molar-refractivity contribution in [1.82, 2.24) is 15.0 Å². The van der Waals surface area contributed by atoms with Gasteiger partial charge in [0, 0.05) is 12.1 Å². The van der Waals surface area contributed by atoms with Crippen LogP contribution < -0.4 is 0 Å². The molecule has 2 aromatic carbocycles. The van der Waals surface area contributed by atoms with Crippen LogP contribution in [0.15, 0.2) is 42.5 Å². The molecule has 0 amide bonds. The van der Waals surface area contributed by atoms with Gasteiger partial charge in [0.1, 0.15) is 5.52 Å². The van der Waals surface area contributed by atoms with E-state index in [1.807, 2.05) is 43.4 Å². The average molecular weight is 258 g/mol. The van der Waals surface area contributed by atoms with Crippen molar-refractivity contribution in [3.63, 3.8) is 0 Å². The van der Waals surface area contributed by atoms with E-state index in [0.29, 0.717) is 0 Å². The van der Waals surface area contributed by atoms with Gasteiger partial charge >= 0.3 is 0 Å². The van der Waals surface area contributed by atoms with Crippen LogP contribution in [0.2, 0.25) is 5.02 Å². The maximum atomic E-state index is 5.89. The number of aromatic nitrogens is 3. The minimum atomic E-state index is 0.761. The van der Waals surface area contributed by atoms with Crippen molar-refractivity contribution in [3.8, 4) is 0 Å². The predicted molar refractivity (Wildman–Crippen MR) is 72.8 cm³/mol. The van der Waals surface area contributed by atoms with Gasteiger partial charge in [-0.15, -0.1) is 5.10 Å². The molecule has 0 bridgehead atoms. The van der Waals surface area contributed by atoms with Gasteiger partial charge in [-0.05, 0) is 35.7 Å². The lowest BCUT2D eigenvalue weighted by atomic mass is 10.0. The number of aryl methyl sites for hydroxylation is 1. The van der Waals surface area contributed by atoms with E-state index in [1.54, 1.807) is 4.68 Å². The molecule has 1 heterocycles. The van der Waals surface area contributed by atoms with Crippen molar-refractivity contribution in [2.45, 2.75) is 6.42 Å². The minimum absolute atomic E-state index is 0.761. The summed E-state index contributed by atoms with van der Waals surface area (Å²) in [6, 6.07) is 14.1. The highest BCUT2D eigenvalue weighted by molar-refractivity contribution is 6.30. The summed E-state index contributed by atoms with van der Waals surface area (Å²) in [6.07, 6.45) is 0.840. The van der Waals surface area contributed by atoms with E-state index in [-0.39, 0.29) is 0 Å². The van der Waals surface area contributed by atoms with Gasteiger partial charge in [0.25, 0.3) is 0 Å². The molecule has 0 unspecified atom stereocenters. The summed E-state index contributed by atoms with van der Waals surface area (Å²) in [7, 11) is 1.90. The second-order valence-corrected chi connectivity index (χ2v) is 4.74. The molecule has 0 radical (unpaired) electrons. The first-order valence-corrected chi connectivity index (χ1v) is 6.13. The zero-order valence-electron chi connectivity index (χ0n) is 9.97. The second kappa shape index (κ2) is 4.42. The Morgan fingerprint density at radius 1 is 1.11 bits per heavy atom. The van der Waals surface area contributed by atoms with E-state index in [1.165, 1.54) is 11.1 Å². The van der Waals surface area contributed by atoms with Crippen LogP contribution in [0.5, 0.6) is 0 Å². The SMILES string of the molecule is Cn1nnc2c(Cc3ccc(Cl)cc3)cccc21. The molecule has 0 spiro atoms. The summed E-state index contributed by atoms with van der Waals surface area (Å²) in [5.41, 5.74) is 4.43. The van der Waals surface area contributed by atoms with Gasteiger partial charge in [-0.25, -0.2) is 4.68 Å². The van der Waals surface area contributed by atoms with Crippen molar-refractivity contribution in [2.75, 3.05) is 0 Å². The monoisotopic (exact) mass is 257 g/mol. The fourth-order valence-electron chi connectivity index (χ4n) is 2.08. The van der Waals surface area contributed by atoms with Crippen LogP contribution in [0, 0.1) is 0 Å². The Hall–Kier alpha value is -1.87. The van der Waals surface area contributed by atoms with E-state index in [0.717, 1.165) is 22.5 Å². The van der Waals surface area contributed by atoms with Gasteiger partial charge in [-0.3, -0.25) is 0 Å². The molecule has 0 aliphatic heterocycles. The average Bonchev–Trinajstić information content (AvgIpc) is 2.76. The van der Waals surface area contributed by atoms with E-state index >= 15 is 0 Å². The molecule has 3 rings (SSSR count). The Morgan fingerprint density at radius 2 is 1.89 bits per heavy atom. The molecule has 0 N–H and O–H groups in total. The van der Waals surface area contributed by atoms with Gasteiger partial charge in [0.2, 0.25) is 0 Å². The molecule has 0 atom stereocenters. The van der Waals surface area contributed by atoms with Gasteiger partial charge in [-0.1, -0.05) is 41.1 Å². The smallest absolute Gasteiger partial charge is 0.116 e. The normalized spacial score (nSPS) is 11.0. The van der Waals surface area contributed by atoms with Crippen LogP contribution >= 0.6 is 11.6 Å². The summed E-state index contributed by atoms with van der Waals surface area (Å²) in [6.45, 7) is 0. The van der Waals surface area contributed by atoms with Gasteiger partial charge in [0.15, 0.2) is 0 Å². The fraction of sp³-hybridized carbons (Fsp3) is 0.143. The Bertz CT molecular complexity index is 686. The molecule has 0 fully saturated rings. The third-order valence-corrected chi connectivity index (χ3v) is 3.29. The lowest BCUT2D eigenvalue weighted by Crippen LogP contribution is -1.91. The largest absolute Gasteiger partial charge is 0.248 e. The standard InChI is InChI=1S/C14H12ClN3/c1-18-13-4-2-3-11(14(13)16-17-18)9-10-5-7-12(15)8-6-10/h2-8H,9H2,1H3. The van der Waals surface area contributed by atoms with Crippen molar-refractivity contribution in [1.29, 1.82) is 0 Å². The molecule has 18 heavy (non-hydrogen) atoms. The number of halogens is 1. The molecule has 0 saturated heterocycles. The molecular formula is C14H12ClN3. The highest BCUT2D eigenvalue weighted by Crippen LogP contribution is 2.19. The fourth-order valence-corrected chi connectivity index (χ4v) is 2.21. The maximum absolute atomic E-state index is 5.89. The third kappa shape index (κ3) is 1.97. The molecule has 4 heteroatoms. The van der Waals surface area contributed by atoms with Crippen LogP contribution in [0.1, 0.15) is 11.1 Å². The lowest BCUT2D eigenvalue weighted by molar-refractivity contribution is 0.736. The van der Waals surface area contributed by atoms with Crippen molar-refractivity contribution in [3.05, 3.63) is 58.6 Å². The quantitative estimate of drug-likeness (QED) is 0.706. The van der Waals surface area contributed by atoms with E-state index in [4.69, 9.17) is 11.6 Å². The van der Waals surface area contributed by atoms with Gasteiger partial charge < -0.3 is 0 Å². The Morgan fingerprint density at radius 3 is 2.67 bits per heavy atom. The Labute approximate surface area is 110 Å². The summed E-state index contributed by atoms with van der Waals surface area (Å²) >= 11 is 5.89. The zero-order chi connectivity index (χ0) is 12.5. The van der Waals surface area contributed by atoms with Crippen molar-refractivity contribution in [2.24, 2.45) is 7.05 Å². The molecule has 3 nitrogen and oxygen atoms in total. The number of fused-ring (bicyclic) bond motifs is 1. The minimum Gasteiger partial charge on any atom is -0.248 e. The van der Waals surface area contributed by atoms with Crippen LogP contribution in [0.3, 0.4) is 0 Å². The zero-order valence-corrected chi connectivity index (χ0v) is 10.7. The molecule has 3 aromatic rings. The van der Waals surface area contributed by atoms with E-state index in [9.17, 15) is 0 Å². The van der Waals surface area contributed by atoms with Crippen LogP contribution in [-0.4, -0.2) is 15.0 Å². The Kier molecular flexibility index (Phi) is 2.76. The topological polar surface area (TPSA) is 30.7 Å². The van der Waals surface area contributed by atoms with Crippen molar-refractivity contribution >= 4 is 22.6 Å². The highest BCUT2D eigenvalue weighted by Gasteiger charge is 2.07. The number of nitrogens with zero attached hydrogens (tertiary/aromatic N) is 3. The molecule has 0 aliphatic carbocycles. The molecule has 0 saturated carbocycles. The van der Waals surface area contributed by atoms with Crippen LogP contribution in [-0.2, 0) is 13.5 Å². The summed E-state index contributed by atoms with van der Waals surface area (Å²) < 4.78 is 1.79. The van der Waals surface area contributed by atoms with E-state index < -0.39 is 0 Å². The number of rotatable bonds is 2. The second-order valence-electron chi connectivity index (χ2n) is 4.30. The van der Waals surface area contributed by atoms with Gasteiger partial charge in [-0.2, -0.15) is 0 Å². The van der Waals surface area contributed by atoms with E-state index in [2.05, 4.69) is 16.4 Å². The maximum Gasteiger partial charge on any atom is 0.116 e. The molecule has 1 aromatic heterocycles. The first kappa shape index (κ1) is 11.2. The summed E-state index contributed by atoms with van der Waals surface area (Å²) in [5, 5.41) is 9.04. The number of hydrogen-bond donors (Lipinski definition) is 0. The Balaban J connectivity index is 2.02. The number of benzene rings is 2. The summed E-state index contributed by atoms with van der Waals surface area (Å²) in [4.78, 5) is 0. The predicted octanol–water partition coefficient (Wildman–Crippen LogP) is 3.21. The van der Waals surface area contributed by atoms with Crippen molar-refractivity contribution < 1.29 is 0 Å². The molecule has 90 valence electrons. The van der Waals surface area contributed by atoms with Gasteiger partial charge in [0.05, 0.1) is 5.52 Å². The van der Waals surface area contributed by atoms with Crippen LogP contribution in [0.25, 0.3) is 11.0 Å². The lowest BCUT2D eigenvalue weighted by Gasteiger charge is -2.03. The number of hydrogen-bond acceptors (Lipinski definition) is 2. The third-order valence-electron chi connectivity index (χ3n) is 3.03. The molecular weight excluding hydrogens is 246 g/mol.